The third kappa shape index (κ3) is 1.79. The van der Waals surface area contributed by atoms with Crippen LogP contribution in [0, 0.1) is 5.41 Å². The van der Waals surface area contributed by atoms with Gasteiger partial charge < -0.3 is 9.80 Å². The second-order valence-corrected chi connectivity index (χ2v) is 6.52. The first-order chi connectivity index (χ1) is 8.10. The van der Waals surface area contributed by atoms with Crippen molar-refractivity contribution in [3.8, 4) is 0 Å². The van der Waals surface area contributed by atoms with Crippen LogP contribution < -0.4 is 0 Å². The second kappa shape index (κ2) is 3.98. The van der Waals surface area contributed by atoms with Crippen LogP contribution in [0.1, 0.15) is 45.4 Å². The summed E-state index contributed by atoms with van der Waals surface area (Å²) >= 11 is 0. The fourth-order valence-corrected chi connectivity index (χ4v) is 4.25. The largest absolute Gasteiger partial charge is 0.340 e. The van der Waals surface area contributed by atoms with E-state index in [0.717, 1.165) is 19.4 Å². The standard InChI is InChI=1S/C14H24N2O/c1-14-6-5-11(16-8-3-4-13(16)17)10-12(14)15(2)9-7-14/h11-12H,3-10H2,1-2H3. The molecule has 0 radical (unpaired) electrons. The van der Waals surface area contributed by atoms with Gasteiger partial charge in [0.05, 0.1) is 0 Å². The fraction of sp³-hybridized carbons (Fsp3) is 0.929. The number of amides is 1. The lowest BCUT2D eigenvalue weighted by Crippen LogP contribution is -2.49. The maximum atomic E-state index is 11.8. The number of hydrogen-bond acceptors (Lipinski definition) is 2. The van der Waals surface area contributed by atoms with Crippen molar-refractivity contribution >= 4 is 5.91 Å². The molecule has 1 saturated carbocycles. The van der Waals surface area contributed by atoms with E-state index in [1.54, 1.807) is 0 Å². The highest BCUT2D eigenvalue weighted by atomic mass is 16.2. The molecule has 1 aliphatic carbocycles. The van der Waals surface area contributed by atoms with E-state index in [-0.39, 0.29) is 0 Å². The number of rotatable bonds is 1. The van der Waals surface area contributed by atoms with Gasteiger partial charge in [0.2, 0.25) is 5.91 Å². The van der Waals surface area contributed by atoms with Gasteiger partial charge in [0.25, 0.3) is 0 Å². The number of carbonyl (C=O) groups is 1. The molecule has 3 atom stereocenters. The van der Waals surface area contributed by atoms with Crippen molar-refractivity contribution < 1.29 is 4.79 Å². The van der Waals surface area contributed by atoms with Crippen LogP contribution in [0.4, 0.5) is 0 Å². The minimum absolute atomic E-state index is 0.402. The van der Waals surface area contributed by atoms with E-state index in [1.165, 1.54) is 32.2 Å². The zero-order valence-corrected chi connectivity index (χ0v) is 11.1. The molecule has 3 heteroatoms. The smallest absolute Gasteiger partial charge is 0.222 e. The molecule has 3 rings (SSSR count). The molecule has 3 nitrogen and oxygen atoms in total. The van der Waals surface area contributed by atoms with Gasteiger partial charge in [-0.25, -0.2) is 0 Å². The van der Waals surface area contributed by atoms with Gasteiger partial charge in [0, 0.05) is 25.0 Å². The first-order valence-corrected chi connectivity index (χ1v) is 7.10. The Hall–Kier alpha value is -0.570. The summed E-state index contributed by atoms with van der Waals surface area (Å²) in [6.07, 6.45) is 6.94. The van der Waals surface area contributed by atoms with Gasteiger partial charge in [0.1, 0.15) is 0 Å². The molecule has 3 unspecified atom stereocenters. The first kappa shape index (κ1) is 11.5. The molecule has 17 heavy (non-hydrogen) atoms. The summed E-state index contributed by atoms with van der Waals surface area (Å²) in [5.74, 6) is 0.402. The Bertz CT molecular complexity index is 330. The molecule has 1 amide bonds. The Morgan fingerprint density at radius 3 is 2.82 bits per heavy atom. The van der Waals surface area contributed by atoms with Gasteiger partial charge in [0.15, 0.2) is 0 Å². The van der Waals surface area contributed by atoms with E-state index in [1.807, 2.05) is 0 Å². The molecule has 3 fully saturated rings. The number of likely N-dealkylation sites (tertiary alicyclic amines) is 2. The minimum atomic E-state index is 0.402. The number of fused-ring (bicyclic) bond motifs is 1. The lowest BCUT2D eigenvalue weighted by atomic mass is 9.70. The number of hydrogen-bond donors (Lipinski definition) is 0. The summed E-state index contributed by atoms with van der Waals surface area (Å²) in [6.45, 7) is 4.70. The topological polar surface area (TPSA) is 23.6 Å². The van der Waals surface area contributed by atoms with Gasteiger partial charge in [-0.05, 0) is 51.1 Å². The van der Waals surface area contributed by atoms with E-state index in [0.29, 0.717) is 23.4 Å². The highest BCUT2D eigenvalue weighted by Gasteiger charge is 2.47. The summed E-state index contributed by atoms with van der Waals surface area (Å²) in [4.78, 5) is 16.5. The normalized spacial score (nSPS) is 43.2. The van der Waals surface area contributed by atoms with Crippen LogP contribution in [0.2, 0.25) is 0 Å². The molecule has 0 N–H and O–H groups in total. The SMILES string of the molecule is CN1CCC2(C)CCC(N3CCCC3=O)CC12. The van der Waals surface area contributed by atoms with Crippen LogP contribution in [-0.2, 0) is 4.79 Å². The summed E-state index contributed by atoms with van der Waals surface area (Å²) in [5, 5.41) is 0. The van der Waals surface area contributed by atoms with Crippen LogP contribution in [0.15, 0.2) is 0 Å². The molecular formula is C14H24N2O. The maximum Gasteiger partial charge on any atom is 0.222 e. The molecule has 3 aliphatic rings. The monoisotopic (exact) mass is 236 g/mol. The summed E-state index contributed by atoms with van der Waals surface area (Å²) in [6, 6.07) is 1.23. The summed E-state index contributed by atoms with van der Waals surface area (Å²) < 4.78 is 0. The van der Waals surface area contributed by atoms with Gasteiger partial charge in [-0.3, -0.25) is 4.79 Å². The van der Waals surface area contributed by atoms with Gasteiger partial charge in [-0.1, -0.05) is 6.92 Å². The van der Waals surface area contributed by atoms with Crippen LogP contribution in [0.25, 0.3) is 0 Å². The Balaban J connectivity index is 1.73. The molecule has 2 aliphatic heterocycles. The lowest BCUT2D eigenvalue weighted by Gasteiger charge is -2.44. The third-order valence-electron chi connectivity index (χ3n) is 5.47. The molecule has 0 spiro atoms. The van der Waals surface area contributed by atoms with E-state index in [9.17, 15) is 4.79 Å². The first-order valence-electron chi connectivity index (χ1n) is 7.10. The molecule has 2 heterocycles. The van der Waals surface area contributed by atoms with Crippen molar-refractivity contribution in [2.45, 2.75) is 57.5 Å². The quantitative estimate of drug-likeness (QED) is 0.694. The summed E-state index contributed by atoms with van der Waals surface area (Å²) in [5.41, 5.74) is 0.522. The van der Waals surface area contributed by atoms with Crippen molar-refractivity contribution in [1.29, 1.82) is 0 Å². The van der Waals surface area contributed by atoms with E-state index in [4.69, 9.17) is 0 Å². The third-order valence-corrected chi connectivity index (χ3v) is 5.47. The van der Waals surface area contributed by atoms with Gasteiger partial charge in [-0.2, -0.15) is 0 Å². The Kier molecular flexibility index (Phi) is 2.69. The minimum Gasteiger partial charge on any atom is -0.340 e. The van der Waals surface area contributed by atoms with E-state index < -0.39 is 0 Å². The predicted molar refractivity (Wildman–Crippen MR) is 67.7 cm³/mol. The average molecular weight is 236 g/mol. The molecule has 2 saturated heterocycles. The average Bonchev–Trinajstić information content (AvgIpc) is 2.84. The van der Waals surface area contributed by atoms with Gasteiger partial charge >= 0.3 is 0 Å². The van der Waals surface area contributed by atoms with Crippen LogP contribution in [-0.4, -0.2) is 47.9 Å². The van der Waals surface area contributed by atoms with E-state index >= 15 is 0 Å². The van der Waals surface area contributed by atoms with Crippen molar-refractivity contribution in [1.82, 2.24) is 9.80 Å². The van der Waals surface area contributed by atoms with Crippen LogP contribution in [0.5, 0.6) is 0 Å². The molecule has 0 aromatic rings. The van der Waals surface area contributed by atoms with Crippen molar-refractivity contribution in [3.05, 3.63) is 0 Å². The highest BCUT2D eigenvalue weighted by Crippen LogP contribution is 2.47. The van der Waals surface area contributed by atoms with Crippen LogP contribution in [0.3, 0.4) is 0 Å². The lowest BCUT2D eigenvalue weighted by molar-refractivity contribution is -0.131. The zero-order valence-electron chi connectivity index (χ0n) is 11.1. The molecule has 0 aromatic carbocycles. The van der Waals surface area contributed by atoms with Crippen molar-refractivity contribution in [3.63, 3.8) is 0 Å². The number of nitrogens with zero attached hydrogens (tertiary/aromatic N) is 2. The molecular weight excluding hydrogens is 212 g/mol. The zero-order chi connectivity index (χ0) is 12.0. The summed E-state index contributed by atoms with van der Waals surface area (Å²) in [7, 11) is 2.25. The Morgan fingerprint density at radius 2 is 2.12 bits per heavy atom. The van der Waals surface area contributed by atoms with Gasteiger partial charge in [-0.15, -0.1) is 0 Å². The molecule has 0 aromatic heterocycles. The Morgan fingerprint density at radius 1 is 1.29 bits per heavy atom. The molecule has 0 bridgehead atoms. The number of carbonyl (C=O) groups excluding carboxylic acids is 1. The predicted octanol–water partition coefficient (Wildman–Crippen LogP) is 1.87. The van der Waals surface area contributed by atoms with Crippen LogP contribution >= 0.6 is 0 Å². The van der Waals surface area contributed by atoms with Crippen molar-refractivity contribution in [2.75, 3.05) is 20.1 Å². The molecule has 96 valence electrons. The second-order valence-electron chi connectivity index (χ2n) is 6.52. The van der Waals surface area contributed by atoms with Crippen molar-refractivity contribution in [2.24, 2.45) is 5.41 Å². The maximum absolute atomic E-state index is 11.8. The van der Waals surface area contributed by atoms with E-state index in [2.05, 4.69) is 23.8 Å². The highest BCUT2D eigenvalue weighted by molar-refractivity contribution is 5.78. The Labute approximate surface area is 104 Å². The fourth-order valence-electron chi connectivity index (χ4n) is 4.25.